The van der Waals surface area contributed by atoms with Gasteiger partial charge in [-0.05, 0) is 81.1 Å². The van der Waals surface area contributed by atoms with Gasteiger partial charge in [0.25, 0.3) is 10.0 Å². The Hall–Kier alpha value is -2.97. The summed E-state index contributed by atoms with van der Waals surface area (Å²) in [6.07, 6.45) is 1.93. The second kappa shape index (κ2) is 12.1. The van der Waals surface area contributed by atoms with Crippen LogP contribution in [0, 0.1) is 6.92 Å². The molecule has 0 unspecified atom stereocenters. The lowest BCUT2D eigenvalue weighted by atomic mass is 10.2. The second-order valence-corrected chi connectivity index (χ2v) is 10.9. The van der Waals surface area contributed by atoms with Crippen molar-refractivity contribution in [1.29, 1.82) is 0 Å². The van der Waals surface area contributed by atoms with Crippen molar-refractivity contribution < 1.29 is 13.2 Å². The standard InChI is InChI=1S/C27H33N3O3S2/c1-5-29(6-2)23-13-9-22(10-14-23)19-28-27(31)20-30(24-11-7-21(3)8-12-24)35(32,33)26-17-15-25(34-4)16-18-26/h7-18H,5-6,19-20H2,1-4H3,(H,28,31). The highest BCUT2D eigenvalue weighted by Crippen LogP contribution is 2.26. The molecule has 0 saturated heterocycles. The van der Waals surface area contributed by atoms with Gasteiger partial charge < -0.3 is 10.2 Å². The minimum absolute atomic E-state index is 0.149. The molecule has 0 saturated carbocycles. The van der Waals surface area contributed by atoms with Gasteiger partial charge in [0.05, 0.1) is 10.6 Å². The maximum absolute atomic E-state index is 13.5. The Kier molecular flexibility index (Phi) is 9.23. The van der Waals surface area contributed by atoms with Gasteiger partial charge in [0.15, 0.2) is 0 Å². The first kappa shape index (κ1) is 26.6. The third kappa shape index (κ3) is 6.80. The average molecular weight is 512 g/mol. The summed E-state index contributed by atoms with van der Waals surface area (Å²) in [6, 6.07) is 21.9. The summed E-state index contributed by atoms with van der Waals surface area (Å²) in [5.41, 5.74) is 3.54. The largest absolute Gasteiger partial charge is 0.372 e. The Morgan fingerprint density at radius 1 is 0.857 bits per heavy atom. The Balaban J connectivity index is 1.77. The van der Waals surface area contributed by atoms with E-state index in [0.717, 1.165) is 34.8 Å². The molecule has 0 heterocycles. The molecule has 0 bridgehead atoms. The molecule has 1 N–H and O–H groups in total. The summed E-state index contributed by atoms with van der Waals surface area (Å²) in [5, 5.41) is 2.87. The molecule has 6 nitrogen and oxygen atoms in total. The highest BCUT2D eigenvalue weighted by atomic mass is 32.2. The number of carbonyl (C=O) groups is 1. The molecule has 0 aliphatic rings. The Morgan fingerprint density at radius 2 is 1.43 bits per heavy atom. The molecule has 0 aromatic heterocycles. The van der Waals surface area contributed by atoms with E-state index in [4.69, 9.17) is 0 Å². The van der Waals surface area contributed by atoms with Gasteiger partial charge in [-0.15, -0.1) is 11.8 Å². The van der Waals surface area contributed by atoms with E-state index in [1.54, 1.807) is 36.4 Å². The van der Waals surface area contributed by atoms with Gasteiger partial charge >= 0.3 is 0 Å². The number of hydrogen-bond donors (Lipinski definition) is 1. The van der Waals surface area contributed by atoms with Crippen molar-refractivity contribution in [1.82, 2.24) is 5.32 Å². The first-order valence-corrected chi connectivity index (χ1v) is 14.3. The van der Waals surface area contributed by atoms with Crippen LogP contribution in [0.5, 0.6) is 0 Å². The minimum Gasteiger partial charge on any atom is -0.372 e. The lowest BCUT2D eigenvalue weighted by molar-refractivity contribution is -0.119. The highest BCUT2D eigenvalue weighted by molar-refractivity contribution is 7.98. The number of nitrogens with one attached hydrogen (secondary N) is 1. The summed E-state index contributed by atoms with van der Waals surface area (Å²) in [4.78, 5) is 16.2. The number of hydrogen-bond acceptors (Lipinski definition) is 5. The van der Waals surface area contributed by atoms with Crippen LogP contribution in [-0.4, -0.2) is 40.2 Å². The molecule has 0 atom stereocenters. The van der Waals surface area contributed by atoms with Gasteiger partial charge in [-0.1, -0.05) is 29.8 Å². The van der Waals surface area contributed by atoms with Gasteiger partial charge in [-0.2, -0.15) is 0 Å². The van der Waals surface area contributed by atoms with Crippen molar-refractivity contribution in [3.63, 3.8) is 0 Å². The number of benzene rings is 3. The van der Waals surface area contributed by atoms with E-state index >= 15 is 0 Å². The fourth-order valence-corrected chi connectivity index (χ4v) is 5.53. The normalized spacial score (nSPS) is 11.2. The zero-order valence-corrected chi connectivity index (χ0v) is 22.3. The van der Waals surface area contributed by atoms with Crippen LogP contribution in [0.25, 0.3) is 0 Å². The van der Waals surface area contributed by atoms with Gasteiger partial charge in [0.2, 0.25) is 5.91 Å². The fraction of sp³-hybridized carbons (Fsp3) is 0.296. The molecule has 3 rings (SSSR count). The Bertz CT molecular complexity index is 1210. The molecule has 0 radical (unpaired) electrons. The number of thioether (sulfide) groups is 1. The monoisotopic (exact) mass is 511 g/mol. The Morgan fingerprint density at radius 3 is 1.97 bits per heavy atom. The van der Waals surface area contributed by atoms with E-state index in [9.17, 15) is 13.2 Å². The summed E-state index contributed by atoms with van der Waals surface area (Å²) in [6.45, 7) is 8.02. The van der Waals surface area contributed by atoms with Crippen molar-refractivity contribution in [2.75, 3.05) is 35.1 Å². The van der Waals surface area contributed by atoms with Crippen LogP contribution in [-0.2, 0) is 21.4 Å². The molecular weight excluding hydrogens is 478 g/mol. The second-order valence-electron chi connectivity index (χ2n) is 8.14. The van der Waals surface area contributed by atoms with Crippen LogP contribution >= 0.6 is 11.8 Å². The summed E-state index contributed by atoms with van der Waals surface area (Å²) in [7, 11) is -3.93. The highest BCUT2D eigenvalue weighted by Gasteiger charge is 2.27. The van der Waals surface area contributed by atoms with Crippen LogP contribution < -0.4 is 14.5 Å². The van der Waals surface area contributed by atoms with Crippen molar-refractivity contribution in [3.8, 4) is 0 Å². The topological polar surface area (TPSA) is 69.7 Å². The van der Waals surface area contributed by atoms with Crippen LogP contribution in [0.15, 0.2) is 82.6 Å². The number of anilines is 2. The molecule has 0 aliphatic heterocycles. The van der Waals surface area contributed by atoms with Gasteiger partial charge in [0, 0.05) is 30.2 Å². The van der Waals surface area contributed by atoms with Crippen LogP contribution in [0.3, 0.4) is 0 Å². The van der Waals surface area contributed by atoms with E-state index in [-0.39, 0.29) is 17.3 Å². The molecule has 3 aromatic carbocycles. The van der Waals surface area contributed by atoms with E-state index in [1.165, 1.54) is 16.1 Å². The maximum Gasteiger partial charge on any atom is 0.264 e. The molecule has 8 heteroatoms. The van der Waals surface area contributed by atoms with Crippen LogP contribution in [0.4, 0.5) is 11.4 Å². The molecule has 186 valence electrons. The van der Waals surface area contributed by atoms with Gasteiger partial charge in [-0.25, -0.2) is 8.42 Å². The zero-order valence-electron chi connectivity index (χ0n) is 20.7. The van der Waals surface area contributed by atoms with Gasteiger partial charge in [-0.3, -0.25) is 9.10 Å². The average Bonchev–Trinajstić information content (AvgIpc) is 2.88. The summed E-state index contributed by atoms with van der Waals surface area (Å²) >= 11 is 1.54. The molecule has 35 heavy (non-hydrogen) atoms. The quantitative estimate of drug-likeness (QED) is 0.364. The number of nitrogens with zero attached hydrogens (tertiary/aromatic N) is 2. The third-order valence-electron chi connectivity index (χ3n) is 5.81. The first-order valence-electron chi connectivity index (χ1n) is 11.6. The van der Waals surface area contributed by atoms with E-state index in [2.05, 4.69) is 24.1 Å². The number of amides is 1. The maximum atomic E-state index is 13.5. The molecule has 0 spiro atoms. The first-order chi connectivity index (χ1) is 16.8. The number of rotatable bonds is 11. The molecule has 1 amide bonds. The minimum atomic E-state index is -3.93. The SMILES string of the molecule is CCN(CC)c1ccc(CNC(=O)CN(c2ccc(C)cc2)S(=O)(=O)c2ccc(SC)cc2)cc1. The van der Waals surface area contributed by atoms with Crippen LogP contribution in [0.2, 0.25) is 0 Å². The smallest absolute Gasteiger partial charge is 0.264 e. The molecule has 0 aliphatic carbocycles. The summed E-state index contributed by atoms with van der Waals surface area (Å²) < 4.78 is 28.2. The molecular formula is C27H33N3O3S2. The van der Waals surface area contributed by atoms with Crippen molar-refractivity contribution >= 4 is 39.1 Å². The Labute approximate surface area is 213 Å². The van der Waals surface area contributed by atoms with Crippen molar-refractivity contribution in [2.24, 2.45) is 0 Å². The number of aryl methyl sites for hydroxylation is 1. The summed E-state index contributed by atoms with van der Waals surface area (Å²) in [5.74, 6) is -0.372. The van der Waals surface area contributed by atoms with Crippen molar-refractivity contribution in [3.05, 3.63) is 83.9 Å². The van der Waals surface area contributed by atoms with Gasteiger partial charge in [0.1, 0.15) is 6.54 Å². The third-order valence-corrected chi connectivity index (χ3v) is 8.34. The lowest BCUT2D eigenvalue weighted by Gasteiger charge is -2.24. The van der Waals surface area contributed by atoms with E-state index in [0.29, 0.717) is 12.2 Å². The zero-order chi connectivity index (χ0) is 25.4. The van der Waals surface area contributed by atoms with E-state index < -0.39 is 10.0 Å². The predicted molar refractivity (Wildman–Crippen MR) is 146 cm³/mol. The predicted octanol–water partition coefficient (Wildman–Crippen LogP) is 5.07. The number of sulfonamides is 1. The fourth-order valence-electron chi connectivity index (χ4n) is 3.70. The van der Waals surface area contributed by atoms with Crippen molar-refractivity contribution in [2.45, 2.75) is 37.1 Å². The number of carbonyl (C=O) groups excluding carboxylic acids is 1. The molecule has 3 aromatic rings. The molecule has 0 fully saturated rings. The van der Waals surface area contributed by atoms with E-state index in [1.807, 2.05) is 49.6 Å². The van der Waals surface area contributed by atoms with Crippen LogP contribution in [0.1, 0.15) is 25.0 Å². The lowest BCUT2D eigenvalue weighted by Crippen LogP contribution is -2.40.